The van der Waals surface area contributed by atoms with E-state index in [1.807, 2.05) is 11.8 Å². The minimum Gasteiger partial charge on any atom is -0.384 e. The van der Waals surface area contributed by atoms with Crippen molar-refractivity contribution in [3.05, 3.63) is 81.4 Å². The molecule has 0 aliphatic carbocycles. The molecule has 0 spiro atoms. The van der Waals surface area contributed by atoms with Crippen molar-refractivity contribution in [2.75, 3.05) is 56.4 Å². The second-order valence-electron chi connectivity index (χ2n) is 14.8. The molecule has 1 aromatic heterocycles. The molecule has 16 heteroatoms. The summed E-state index contributed by atoms with van der Waals surface area (Å²) < 4.78 is 13.9. The van der Waals surface area contributed by atoms with E-state index in [4.69, 9.17) is 0 Å². The van der Waals surface area contributed by atoms with Gasteiger partial charge in [0.1, 0.15) is 11.9 Å². The van der Waals surface area contributed by atoms with Crippen molar-refractivity contribution in [3.8, 4) is 0 Å². The van der Waals surface area contributed by atoms with Gasteiger partial charge >= 0.3 is 0 Å². The van der Waals surface area contributed by atoms with Gasteiger partial charge in [0.2, 0.25) is 17.7 Å². The first-order chi connectivity index (χ1) is 27.4. The molecule has 2 fully saturated rings. The number of rotatable bonds is 13. The fourth-order valence-corrected chi connectivity index (χ4v) is 7.97. The predicted molar refractivity (Wildman–Crippen MR) is 209 cm³/mol. The van der Waals surface area contributed by atoms with E-state index in [1.165, 1.54) is 18.2 Å². The number of hydrogen-bond donors (Lipinski definition) is 5. The van der Waals surface area contributed by atoms with E-state index in [2.05, 4.69) is 31.2 Å². The van der Waals surface area contributed by atoms with Crippen LogP contribution in [0.2, 0.25) is 0 Å². The number of unbranched alkanes of at least 4 members (excludes halogenated alkanes) is 1. The molecule has 1 unspecified atom stereocenters. The number of amides is 7. The molecule has 2 aromatic carbocycles. The molecule has 0 radical (unpaired) electrons. The molecule has 57 heavy (non-hydrogen) atoms. The number of halogens is 1. The number of piperazine rings is 1. The Morgan fingerprint density at radius 1 is 0.912 bits per heavy atom. The van der Waals surface area contributed by atoms with Gasteiger partial charge in [-0.1, -0.05) is 6.07 Å². The number of aryl methyl sites for hydroxylation is 1. The van der Waals surface area contributed by atoms with E-state index in [1.54, 1.807) is 31.2 Å². The van der Waals surface area contributed by atoms with Gasteiger partial charge in [-0.25, -0.2) is 4.39 Å². The quantitative estimate of drug-likeness (QED) is 0.0985. The zero-order chi connectivity index (χ0) is 40.4. The number of anilines is 2. The number of aromatic amines is 1. The second-order valence-corrected chi connectivity index (χ2v) is 14.8. The Labute approximate surface area is 328 Å². The Kier molecular flexibility index (Phi) is 11.3. The first-order valence-electron chi connectivity index (χ1n) is 19.3. The Hall–Kier alpha value is -6.16. The number of aromatic nitrogens is 1. The normalized spacial score (nSPS) is 18.8. The maximum Gasteiger partial charge on any atom is 0.264 e. The summed E-state index contributed by atoms with van der Waals surface area (Å²) in [5, 5.41) is 11.2. The van der Waals surface area contributed by atoms with E-state index in [9.17, 15) is 38.0 Å². The van der Waals surface area contributed by atoms with Gasteiger partial charge in [-0.3, -0.25) is 48.7 Å². The molecule has 0 bridgehead atoms. The van der Waals surface area contributed by atoms with E-state index in [0.717, 1.165) is 31.0 Å². The van der Waals surface area contributed by atoms with Crippen LogP contribution >= 0.6 is 0 Å². The van der Waals surface area contributed by atoms with Crippen LogP contribution in [0.4, 0.5) is 15.8 Å². The summed E-state index contributed by atoms with van der Waals surface area (Å²) >= 11 is 0. The lowest BCUT2D eigenvalue weighted by molar-refractivity contribution is -0.136. The zero-order valence-electron chi connectivity index (χ0n) is 31.9. The summed E-state index contributed by atoms with van der Waals surface area (Å²) in [6.45, 7) is 8.03. The molecule has 4 aliphatic heterocycles. The van der Waals surface area contributed by atoms with Gasteiger partial charge in [0.15, 0.2) is 0 Å². The maximum absolute atomic E-state index is 13.9. The van der Waals surface area contributed by atoms with Crippen molar-refractivity contribution in [1.29, 1.82) is 0 Å². The number of nitrogens with one attached hydrogen (secondary N) is 5. The van der Waals surface area contributed by atoms with Crippen molar-refractivity contribution in [1.82, 2.24) is 30.3 Å². The highest BCUT2D eigenvalue weighted by Crippen LogP contribution is 2.35. The van der Waals surface area contributed by atoms with Gasteiger partial charge in [-0.05, 0) is 88.0 Å². The van der Waals surface area contributed by atoms with Crippen LogP contribution in [0.3, 0.4) is 0 Å². The van der Waals surface area contributed by atoms with Crippen LogP contribution in [-0.4, -0.2) is 113 Å². The highest BCUT2D eigenvalue weighted by molar-refractivity contribution is 6.35. The fraction of sp³-hybridized carbons (Fsp3) is 0.390. The lowest BCUT2D eigenvalue weighted by Gasteiger charge is -2.34. The summed E-state index contributed by atoms with van der Waals surface area (Å²) in [4.78, 5) is 97.4. The fourth-order valence-electron chi connectivity index (χ4n) is 7.97. The first-order valence-corrected chi connectivity index (χ1v) is 19.3. The summed E-state index contributed by atoms with van der Waals surface area (Å²) in [6.07, 6.45) is 4.20. The number of carbonyl (C=O) groups excluding carboxylic acids is 7. The number of nitrogens with zero attached hydrogens (tertiary/aromatic N) is 3. The molecule has 5 N–H and O–H groups in total. The SMILES string of the molecule is Cc1[nH]c(C=C2C(=O)Nc3ccc(F)cc32)c(C)c1C(=O)NCCCN1CCN(C(=O)CCCCNc2cccc3c2C(=O)N(C2CCC(=O)NC2=O)C3=O)CC1. The van der Waals surface area contributed by atoms with Crippen LogP contribution in [0.15, 0.2) is 36.4 Å². The van der Waals surface area contributed by atoms with Crippen molar-refractivity contribution in [2.45, 2.75) is 58.4 Å². The van der Waals surface area contributed by atoms with Gasteiger partial charge < -0.3 is 25.8 Å². The molecule has 7 amide bonds. The van der Waals surface area contributed by atoms with Crippen molar-refractivity contribution in [2.24, 2.45) is 0 Å². The van der Waals surface area contributed by atoms with Crippen molar-refractivity contribution >= 4 is 64.4 Å². The molecule has 298 valence electrons. The minimum absolute atomic E-state index is 0.0513. The third-order valence-electron chi connectivity index (χ3n) is 11.0. The number of fused-ring (bicyclic) bond motifs is 2. The van der Waals surface area contributed by atoms with Gasteiger partial charge in [0.25, 0.3) is 23.6 Å². The smallest absolute Gasteiger partial charge is 0.264 e. The molecule has 1 atom stereocenters. The van der Waals surface area contributed by atoms with E-state index in [-0.39, 0.29) is 41.7 Å². The summed E-state index contributed by atoms with van der Waals surface area (Å²) in [5.41, 5.74) is 4.73. The highest BCUT2D eigenvalue weighted by Gasteiger charge is 2.45. The number of H-pyrrole nitrogens is 1. The van der Waals surface area contributed by atoms with E-state index < -0.39 is 35.5 Å². The molecule has 7 rings (SSSR count). The third-order valence-corrected chi connectivity index (χ3v) is 11.0. The molecule has 3 aromatic rings. The predicted octanol–water partition coefficient (Wildman–Crippen LogP) is 3.21. The molecule has 15 nitrogen and oxygen atoms in total. The maximum atomic E-state index is 13.9. The van der Waals surface area contributed by atoms with Crippen LogP contribution in [0.1, 0.15) is 92.1 Å². The summed E-state index contributed by atoms with van der Waals surface area (Å²) in [5.74, 6) is -3.11. The van der Waals surface area contributed by atoms with Crippen LogP contribution in [0.25, 0.3) is 11.6 Å². The Morgan fingerprint density at radius 2 is 1.70 bits per heavy atom. The largest absolute Gasteiger partial charge is 0.384 e. The zero-order valence-corrected chi connectivity index (χ0v) is 31.9. The number of imide groups is 2. The van der Waals surface area contributed by atoms with Crippen LogP contribution in [0.5, 0.6) is 0 Å². The Morgan fingerprint density at radius 3 is 2.47 bits per heavy atom. The van der Waals surface area contributed by atoms with Crippen molar-refractivity contribution in [3.63, 3.8) is 0 Å². The number of benzene rings is 2. The minimum atomic E-state index is -1.03. The van der Waals surface area contributed by atoms with Crippen LogP contribution in [-0.2, 0) is 19.2 Å². The molecule has 4 aliphatic rings. The van der Waals surface area contributed by atoms with Crippen LogP contribution in [0, 0.1) is 19.7 Å². The van der Waals surface area contributed by atoms with E-state index in [0.29, 0.717) is 90.5 Å². The third kappa shape index (κ3) is 8.08. The average molecular weight is 781 g/mol. The van der Waals surface area contributed by atoms with Crippen LogP contribution < -0.4 is 21.3 Å². The molecule has 2 saturated heterocycles. The molecule has 0 saturated carbocycles. The first kappa shape index (κ1) is 39.1. The number of hydrogen-bond acceptors (Lipinski definition) is 9. The monoisotopic (exact) mass is 780 g/mol. The molecular weight excluding hydrogens is 735 g/mol. The number of carbonyl (C=O) groups is 7. The Bertz CT molecular complexity index is 2210. The summed E-state index contributed by atoms with van der Waals surface area (Å²) in [7, 11) is 0. The van der Waals surface area contributed by atoms with Crippen molar-refractivity contribution < 1.29 is 38.0 Å². The standard InChI is InChI=1S/C41H45FN8O7/c1-23-31(22-28-27-21-25(42)10-11-29(27)46-37(28)53)45-24(2)35(23)39(55)44-15-6-16-48-17-19-49(20-18-48)34(52)9-3-4-14-43-30-8-5-7-26-36(30)41(57)50(40(26)56)32-12-13-33(51)47-38(32)54/h5,7-8,10-11,21-22,32,43,45H,3-4,6,9,12-20H2,1-2H3,(H,44,55)(H,46,53)(H,47,51,54). The van der Waals surface area contributed by atoms with E-state index >= 15 is 0 Å². The molecule has 5 heterocycles. The van der Waals surface area contributed by atoms with Gasteiger partial charge in [0, 0.05) is 80.4 Å². The second kappa shape index (κ2) is 16.5. The topological polar surface area (TPSA) is 193 Å². The van der Waals surface area contributed by atoms with Gasteiger partial charge in [0.05, 0.1) is 22.3 Å². The lowest BCUT2D eigenvalue weighted by atomic mass is 10.0. The van der Waals surface area contributed by atoms with Gasteiger partial charge in [-0.15, -0.1) is 0 Å². The highest BCUT2D eigenvalue weighted by atomic mass is 19.1. The average Bonchev–Trinajstić information content (AvgIpc) is 3.75. The number of piperidine rings is 1. The Balaban J connectivity index is 0.803. The van der Waals surface area contributed by atoms with Gasteiger partial charge in [-0.2, -0.15) is 0 Å². The lowest BCUT2D eigenvalue weighted by Crippen LogP contribution is -2.54. The summed E-state index contributed by atoms with van der Waals surface area (Å²) in [6, 6.07) is 8.03. The molecular formula is C41H45FN8O7.